The number of hydrazone groups is 1. The molecule has 0 fully saturated rings. The van der Waals surface area contributed by atoms with E-state index in [0.29, 0.717) is 5.71 Å². The molecule has 0 unspecified atom stereocenters. The Morgan fingerprint density at radius 3 is 2.78 bits per heavy atom. The highest BCUT2D eigenvalue weighted by Gasteiger charge is 2.02. The molecule has 0 saturated carbocycles. The maximum absolute atomic E-state index is 8.35. The molecule has 0 aliphatic carbocycles. The maximum Gasteiger partial charge on any atom is 0.211 e. The van der Waals surface area contributed by atoms with E-state index in [1.807, 2.05) is 30.3 Å². The molecule has 0 radical (unpaired) electrons. The Hall–Kier alpha value is -2.15. The van der Waals surface area contributed by atoms with Crippen LogP contribution in [0.2, 0.25) is 0 Å². The Morgan fingerprint density at radius 2 is 2.17 bits per heavy atom. The van der Waals surface area contributed by atoms with Gasteiger partial charge < -0.3 is 0 Å². The van der Waals surface area contributed by atoms with Crippen LogP contribution in [0.4, 0.5) is 0 Å². The molecule has 1 aromatic rings. The summed E-state index contributed by atoms with van der Waals surface area (Å²) in [7, 11) is 1.44. The number of thiocarbonyl (C=S) groups is 1. The molecule has 0 heterocycles. The number of benzene rings is 1. The van der Waals surface area contributed by atoms with Crippen LogP contribution in [0.5, 0.6) is 0 Å². The lowest BCUT2D eigenvalue weighted by Crippen LogP contribution is -2.32. The molecule has 0 bridgehead atoms. The third-order valence-corrected chi connectivity index (χ3v) is 2.05. The van der Waals surface area contributed by atoms with Crippen LogP contribution in [0.15, 0.2) is 40.5 Å². The Labute approximate surface area is 109 Å². The monoisotopic (exact) mass is 264 g/mol. The van der Waals surface area contributed by atoms with Crippen LogP contribution in [0, 0.1) is 0 Å². The molecule has 0 aromatic heterocycles. The summed E-state index contributed by atoms with van der Waals surface area (Å²) < 4.78 is 0. The Kier molecular flexibility index (Phi) is 6.20. The van der Waals surface area contributed by atoms with Crippen LogP contribution < -0.4 is 10.9 Å². The Morgan fingerprint density at radius 1 is 1.44 bits per heavy atom. The lowest BCUT2D eigenvalue weighted by molar-refractivity contribution is 0.143. The Balaban J connectivity index is 2.81. The molecule has 0 spiro atoms. The second-order valence-corrected chi connectivity index (χ2v) is 3.47. The highest BCUT2D eigenvalue weighted by Crippen LogP contribution is 2.01. The van der Waals surface area contributed by atoms with Gasteiger partial charge in [0.05, 0.1) is 19.4 Å². The fraction of sp³-hybridized carbons (Fsp3) is 0.200. The summed E-state index contributed by atoms with van der Waals surface area (Å²) in [6.07, 6.45) is 0. The fourth-order valence-electron chi connectivity index (χ4n) is 1.15. The predicted molar refractivity (Wildman–Crippen MR) is 72.9 cm³/mol. The number of nitrogens with one attached hydrogen (secondary N) is 2. The first-order valence-electron chi connectivity index (χ1n) is 4.99. The molecule has 0 saturated heterocycles. The normalized spacial score (nSPS) is 10.4. The molecule has 0 aliphatic rings. The molecule has 0 atom stereocenters. The van der Waals surface area contributed by atoms with E-state index in [1.54, 1.807) is 0 Å². The zero-order valence-electron chi connectivity index (χ0n) is 9.70. The third kappa shape index (κ3) is 4.79. The van der Waals surface area contributed by atoms with E-state index in [2.05, 4.69) is 30.9 Å². The molecule has 94 valence electrons. The largest absolute Gasteiger partial charge is 0.277 e. The fourth-order valence-corrected chi connectivity index (χ4v) is 1.28. The van der Waals surface area contributed by atoms with Gasteiger partial charge in [-0.1, -0.05) is 35.4 Å². The van der Waals surface area contributed by atoms with Crippen molar-refractivity contribution in [2.45, 2.75) is 0 Å². The molecular formula is C10H12N6OS. The number of hydrogen-bond acceptors (Lipinski definition) is 4. The van der Waals surface area contributed by atoms with E-state index < -0.39 is 0 Å². The quantitative estimate of drug-likeness (QED) is 0.211. The zero-order chi connectivity index (χ0) is 13.2. The van der Waals surface area contributed by atoms with Crippen molar-refractivity contribution >= 4 is 23.0 Å². The number of hydroxylamine groups is 1. The van der Waals surface area contributed by atoms with Gasteiger partial charge in [-0.2, -0.15) is 5.10 Å². The van der Waals surface area contributed by atoms with Crippen LogP contribution in [0.3, 0.4) is 0 Å². The smallest absolute Gasteiger partial charge is 0.211 e. The van der Waals surface area contributed by atoms with Gasteiger partial charge in [0.2, 0.25) is 5.11 Å². The van der Waals surface area contributed by atoms with E-state index in [-0.39, 0.29) is 11.7 Å². The van der Waals surface area contributed by atoms with Crippen molar-refractivity contribution in [3.05, 3.63) is 46.3 Å². The average Bonchev–Trinajstić information content (AvgIpc) is 2.40. The molecule has 0 amide bonds. The maximum atomic E-state index is 8.35. The van der Waals surface area contributed by atoms with Gasteiger partial charge in [-0.15, -0.1) is 0 Å². The van der Waals surface area contributed by atoms with Crippen molar-refractivity contribution in [2.24, 2.45) is 10.2 Å². The first-order chi connectivity index (χ1) is 8.77. The van der Waals surface area contributed by atoms with Crippen LogP contribution >= 0.6 is 12.2 Å². The summed E-state index contributed by atoms with van der Waals surface area (Å²) in [5, 5.41) is 7.77. The van der Waals surface area contributed by atoms with E-state index in [1.165, 1.54) is 7.11 Å². The van der Waals surface area contributed by atoms with Crippen molar-refractivity contribution < 1.29 is 4.84 Å². The SMILES string of the molecule is CONC(=S)N/N=C(/CN=[N+]=[N-])c1ccccc1. The van der Waals surface area contributed by atoms with Crippen molar-refractivity contribution in [1.82, 2.24) is 10.9 Å². The van der Waals surface area contributed by atoms with E-state index in [9.17, 15) is 0 Å². The zero-order valence-corrected chi connectivity index (χ0v) is 10.5. The molecule has 7 nitrogen and oxygen atoms in total. The van der Waals surface area contributed by atoms with Gasteiger partial charge in [-0.3, -0.25) is 10.3 Å². The van der Waals surface area contributed by atoms with Crippen LogP contribution in [-0.4, -0.2) is 24.5 Å². The van der Waals surface area contributed by atoms with Crippen LogP contribution in [-0.2, 0) is 4.84 Å². The molecule has 1 aromatic carbocycles. The molecule has 1 rings (SSSR count). The van der Waals surface area contributed by atoms with Crippen molar-refractivity contribution in [2.75, 3.05) is 13.7 Å². The molecule has 2 N–H and O–H groups in total. The van der Waals surface area contributed by atoms with Gasteiger partial charge in [0.25, 0.3) is 0 Å². The highest BCUT2D eigenvalue weighted by atomic mass is 32.1. The molecular weight excluding hydrogens is 252 g/mol. The first kappa shape index (κ1) is 13.9. The predicted octanol–water partition coefficient (Wildman–Crippen LogP) is 1.73. The molecule has 18 heavy (non-hydrogen) atoms. The van der Waals surface area contributed by atoms with Gasteiger partial charge in [0.1, 0.15) is 0 Å². The second kappa shape index (κ2) is 8.02. The average molecular weight is 264 g/mol. The highest BCUT2D eigenvalue weighted by molar-refractivity contribution is 7.80. The minimum absolute atomic E-state index is 0.128. The number of azide groups is 1. The summed E-state index contributed by atoms with van der Waals surface area (Å²) in [5.74, 6) is 0. The number of hydrogen-bond donors (Lipinski definition) is 2. The summed E-state index contributed by atoms with van der Waals surface area (Å²) in [6, 6.07) is 9.35. The van der Waals surface area contributed by atoms with Crippen molar-refractivity contribution in [1.29, 1.82) is 0 Å². The van der Waals surface area contributed by atoms with Gasteiger partial charge >= 0.3 is 0 Å². The minimum Gasteiger partial charge on any atom is -0.277 e. The summed E-state index contributed by atoms with van der Waals surface area (Å²) >= 11 is 4.88. The van der Waals surface area contributed by atoms with Crippen molar-refractivity contribution in [3.63, 3.8) is 0 Å². The van der Waals surface area contributed by atoms with Gasteiger partial charge in [0.15, 0.2) is 0 Å². The van der Waals surface area contributed by atoms with E-state index >= 15 is 0 Å². The third-order valence-electron chi connectivity index (χ3n) is 1.88. The summed E-state index contributed by atoms with van der Waals surface area (Å²) in [5.41, 5.74) is 14.8. The van der Waals surface area contributed by atoms with Crippen molar-refractivity contribution in [3.8, 4) is 0 Å². The molecule has 8 heteroatoms. The van der Waals surface area contributed by atoms with Crippen LogP contribution in [0.25, 0.3) is 10.4 Å². The topological polar surface area (TPSA) is 94.4 Å². The second-order valence-electron chi connectivity index (χ2n) is 3.06. The number of rotatable bonds is 5. The standard InChI is InChI=1S/C10H12N6OS/c1-17-15-10(18)14-13-9(7-12-16-11)8-5-3-2-4-6-8/h2-6H,7H2,1H3,(H2,14,15,18)/b13-9-. The molecule has 0 aliphatic heterocycles. The van der Waals surface area contributed by atoms with E-state index in [0.717, 1.165) is 5.56 Å². The first-order valence-corrected chi connectivity index (χ1v) is 5.40. The minimum atomic E-state index is 0.128. The lowest BCUT2D eigenvalue weighted by atomic mass is 10.1. The van der Waals surface area contributed by atoms with Gasteiger partial charge in [0, 0.05) is 4.91 Å². The van der Waals surface area contributed by atoms with E-state index in [4.69, 9.17) is 17.7 Å². The number of nitrogens with zero attached hydrogens (tertiary/aromatic N) is 4. The van der Waals surface area contributed by atoms with Gasteiger partial charge in [-0.05, 0) is 23.3 Å². The lowest BCUT2D eigenvalue weighted by Gasteiger charge is -2.06. The van der Waals surface area contributed by atoms with Gasteiger partial charge in [-0.25, -0.2) is 5.48 Å². The summed E-state index contributed by atoms with van der Waals surface area (Å²) in [4.78, 5) is 7.33. The summed E-state index contributed by atoms with van der Waals surface area (Å²) in [6.45, 7) is 0.128. The van der Waals surface area contributed by atoms with Crippen LogP contribution in [0.1, 0.15) is 5.56 Å². The Bertz CT molecular complexity index is 469.